The molecular weight excluding hydrogens is 458 g/mol. The Hall–Kier alpha value is -1.95. The summed E-state index contributed by atoms with van der Waals surface area (Å²) in [7, 11) is 0. The van der Waals surface area contributed by atoms with Gasteiger partial charge in [-0.3, -0.25) is 15.2 Å². The highest BCUT2D eigenvalue weighted by Gasteiger charge is 2.31. The van der Waals surface area contributed by atoms with Crippen LogP contribution in [0.15, 0.2) is 36.4 Å². The van der Waals surface area contributed by atoms with E-state index >= 15 is 0 Å². The van der Waals surface area contributed by atoms with Crippen LogP contribution in [0.3, 0.4) is 0 Å². The number of aromatic nitrogens is 1. The zero-order chi connectivity index (χ0) is 22.8. The highest BCUT2D eigenvalue weighted by Crippen LogP contribution is 2.24. The van der Waals surface area contributed by atoms with Gasteiger partial charge < -0.3 is 10.2 Å². The van der Waals surface area contributed by atoms with Crippen LogP contribution < -0.4 is 5.32 Å². The highest BCUT2D eigenvalue weighted by molar-refractivity contribution is 7.99. The number of allylic oxidation sites excluding steroid dienone is 1. The Morgan fingerprint density at radius 1 is 1.20 bits per heavy atom. The molecule has 1 heterocycles. The van der Waals surface area contributed by atoms with E-state index in [-0.39, 0.29) is 23.6 Å². The Kier molecular flexibility index (Phi) is 10.5. The van der Waals surface area contributed by atoms with Crippen molar-refractivity contribution in [3.05, 3.63) is 36.4 Å². The van der Waals surface area contributed by atoms with E-state index in [4.69, 9.17) is 17.0 Å². The summed E-state index contributed by atoms with van der Waals surface area (Å²) >= 11 is 6.55. The number of nitrogens with one attached hydrogen (secondary N) is 2. The van der Waals surface area contributed by atoms with Gasteiger partial charge in [0.1, 0.15) is 5.17 Å². The number of pyridine rings is 1. The molecule has 0 spiro atoms. The summed E-state index contributed by atoms with van der Waals surface area (Å²) in [5, 5.41) is 9.65. The molecule has 1 rings (SSSR count). The van der Waals surface area contributed by atoms with Gasteiger partial charge in [0.05, 0.1) is 30.4 Å². The molecule has 13 heteroatoms. The van der Waals surface area contributed by atoms with E-state index in [9.17, 15) is 31.1 Å². The highest BCUT2D eigenvalue weighted by atomic mass is 35.5. The molecule has 168 valence electrons. The van der Waals surface area contributed by atoms with E-state index in [0.29, 0.717) is 10.6 Å². The van der Waals surface area contributed by atoms with Crippen LogP contribution in [0.4, 0.5) is 32.0 Å². The number of hydrogen-bond acceptors (Lipinski definition) is 5. The molecule has 30 heavy (non-hydrogen) atoms. The molecule has 0 saturated heterocycles. The lowest BCUT2D eigenvalue weighted by molar-refractivity contribution is -0.143. The molecule has 0 saturated carbocycles. The Bertz CT molecular complexity index is 727. The van der Waals surface area contributed by atoms with Crippen LogP contribution >= 0.6 is 23.4 Å². The molecule has 1 aromatic rings. The molecule has 0 aliphatic rings. The van der Waals surface area contributed by atoms with Gasteiger partial charge in [0.2, 0.25) is 5.91 Å². The van der Waals surface area contributed by atoms with Crippen LogP contribution in [0, 0.1) is 5.41 Å². The maximum Gasteiger partial charge on any atom is 0.390 e. The van der Waals surface area contributed by atoms with Crippen molar-refractivity contribution in [3.63, 3.8) is 0 Å². The monoisotopic (exact) mass is 476 g/mol. The quantitative estimate of drug-likeness (QED) is 0.255. The number of carbonyl (C=O) groups excluding carboxylic acids is 1. The standard InChI is InChI=1S/C17H19ClF6N4OS/c18-15(25)13(11-27-12-2-1-6-26-10-12)28(7-4-16(19,20)21)14(29)3-8-30-9-5-17(22,23)24/h1-2,6,10-11,25,27H,3-5,7-9H2/b13-11+,25-15?. The third-order valence-electron chi connectivity index (χ3n) is 3.46. The number of amides is 1. The average molecular weight is 477 g/mol. The number of hydrogen-bond donors (Lipinski definition) is 2. The summed E-state index contributed by atoms with van der Waals surface area (Å²) in [4.78, 5) is 17.0. The van der Waals surface area contributed by atoms with E-state index in [2.05, 4.69) is 10.3 Å². The lowest BCUT2D eigenvalue weighted by Crippen LogP contribution is -2.36. The van der Waals surface area contributed by atoms with Gasteiger partial charge in [0, 0.05) is 36.9 Å². The molecule has 0 aliphatic carbocycles. The van der Waals surface area contributed by atoms with E-state index in [1.807, 2.05) is 0 Å². The first-order chi connectivity index (χ1) is 13.9. The van der Waals surface area contributed by atoms with Gasteiger partial charge in [-0.15, -0.1) is 0 Å². The molecule has 0 aromatic carbocycles. The average Bonchev–Trinajstić information content (AvgIpc) is 2.62. The number of rotatable bonds is 11. The molecule has 0 radical (unpaired) electrons. The predicted molar refractivity (Wildman–Crippen MR) is 105 cm³/mol. The smallest absolute Gasteiger partial charge is 0.358 e. The summed E-state index contributed by atoms with van der Waals surface area (Å²) in [6, 6.07) is 3.19. The maximum atomic E-state index is 12.7. The minimum absolute atomic E-state index is 0.0175. The first kappa shape index (κ1) is 26.1. The van der Waals surface area contributed by atoms with Crippen molar-refractivity contribution in [2.24, 2.45) is 0 Å². The van der Waals surface area contributed by atoms with Gasteiger partial charge in [-0.05, 0) is 12.1 Å². The van der Waals surface area contributed by atoms with Crippen molar-refractivity contribution in [1.29, 1.82) is 5.41 Å². The molecule has 0 bridgehead atoms. The Balaban J connectivity index is 2.86. The Morgan fingerprint density at radius 3 is 2.40 bits per heavy atom. The summed E-state index contributed by atoms with van der Waals surface area (Å²) in [6.45, 7) is -0.787. The first-order valence-corrected chi connectivity index (χ1v) is 10.0. The van der Waals surface area contributed by atoms with Crippen LogP contribution in [0.2, 0.25) is 0 Å². The van der Waals surface area contributed by atoms with E-state index < -0.39 is 42.8 Å². The Morgan fingerprint density at radius 2 is 1.87 bits per heavy atom. The normalized spacial score (nSPS) is 12.6. The lowest BCUT2D eigenvalue weighted by Gasteiger charge is -2.25. The third kappa shape index (κ3) is 11.3. The number of anilines is 1. The largest absolute Gasteiger partial charge is 0.390 e. The second kappa shape index (κ2) is 12.0. The molecule has 2 N–H and O–H groups in total. The zero-order valence-electron chi connectivity index (χ0n) is 15.5. The zero-order valence-corrected chi connectivity index (χ0v) is 17.1. The van der Waals surface area contributed by atoms with Crippen molar-refractivity contribution in [2.45, 2.75) is 31.6 Å². The van der Waals surface area contributed by atoms with Crippen LogP contribution in [0.25, 0.3) is 0 Å². The summed E-state index contributed by atoms with van der Waals surface area (Å²) in [6.07, 6.45) is -7.55. The van der Waals surface area contributed by atoms with Crippen LogP contribution in [-0.2, 0) is 4.79 Å². The fraction of sp³-hybridized carbons (Fsp3) is 0.471. The molecule has 0 unspecified atom stereocenters. The number of halogens is 7. The minimum Gasteiger partial charge on any atom is -0.358 e. The van der Waals surface area contributed by atoms with E-state index in [0.717, 1.165) is 18.0 Å². The van der Waals surface area contributed by atoms with E-state index in [1.54, 1.807) is 12.1 Å². The summed E-state index contributed by atoms with van der Waals surface area (Å²) in [5.74, 6) is -1.07. The molecule has 5 nitrogen and oxygen atoms in total. The molecule has 1 amide bonds. The molecule has 1 aromatic heterocycles. The minimum atomic E-state index is -4.56. The molecule has 0 fully saturated rings. The summed E-state index contributed by atoms with van der Waals surface area (Å²) < 4.78 is 74.5. The molecular formula is C17H19ClF6N4OS. The fourth-order valence-corrected chi connectivity index (χ4v) is 3.12. The number of thioether (sulfide) groups is 1. The van der Waals surface area contributed by atoms with Crippen molar-refractivity contribution >= 4 is 40.1 Å². The number of nitrogens with zero attached hydrogens (tertiary/aromatic N) is 2. The van der Waals surface area contributed by atoms with Crippen LogP contribution in [0.5, 0.6) is 0 Å². The fourth-order valence-electron chi connectivity index (χ4n) is 2.06. The van der Waals surface area contributed by atoms with Crippen LogP contribution in [0.1, 0.15) is 19.3 Å². The van der Waals surface area contributed by atoms with Gasteiger partial charge >= 0.3 is 12.4 Å². The second-order valence-electron chi connectivity index (χ2n) is 5.87. The van der Waals surface area contributed by atoms with Crippen molar-refractivity contribution in [2.75, 3.05) is 23.4 Å². The van der Waals surface area contributed by atoms with Crippen LogP contribution in [-0.4, -0.2) is 51.4 Å². The topological polar surface area (TPSA) is 69.1 Å². The van der Waals surface area contributed by atoms with Gasteiger partial charge in [-0.2, -0.15) is 38.1 Å². The van der Waals surface area contributed by atoms with E-state index in [1.165, 1.54) is 12.4 Å². The predicted octanol–water partition coefficient (Wildman–Crippen LogP) is 5.41. The summed E-state index contributed by atoms with van der Waals surface area (Å²) in [5.41, 5.74) is 0.147. The number of carbonyl (C=O) groups is 1. The second-order valence-corrected chi connectivity index (χ2v) is 7.47. The first-order valence-electron chi connectivity index (χ1n) is 8.52. The van der Waals surface area contributed by atoms with Crippen molar-refractivity contribution in [3.8, 4) is 0 Å². The van der Waals surface area contributed by atoms with Crippen molar-refractivity contribution in [1.82, 2.24) is 9.88 Å². The number of alkyl halides is 6. The Labute approximate surface area is 178 Å². The SMILES string of the molecule is N=C(Cl)/C(=C\Nc1cccnc1)N(CCC(F)(F)F)C(=O)CCSCCC(F)(F)F. The van der Waals surface area contributed by atoms with Gasteiger partial charge in [0.15, 0.2) is 0 Å². The van der Waals surface area contributed by atoms with Gasteiger partial charge in [-0.25, -0.2) is 0 Å². The third-order valence-corrected chi connectivity index (χ3v) is 4.64. The maximum absolute atomic E-state index is 12.7. The molecule has 0 atom stereocenters. The lowest BCUT2D eigenvalue weighted by atomic mass is 10.3. The molecule has 0 aliphatic heterocycles. The van der Waals surface area contributed by atoms with Gasteiger partial charge in [-0.1, -0.05) is 11.6 Å². The van der Waals surface area contributed by atoms with Gasteiger partial charge in [0.25, 0.3) is 0 Å². The van der Waals surface area contributed by atoms with Crippen molar-refractivity contribution < 1.29 is 31.1 Å².